The molecule has 0 spiro atoms. The lowest BCUT2D eigenvalue weighted by Crippen LogP contribution is -2.52. The van der Waals surface area contributed by atoms with Crippen LogP contribution in [0.3, 0.4) is 0 Å². The van der Waals surface area contributed by atoms with E-state index in [2.05, 4.69) is 6.92 Å². The fourth-order valence-electron chi connectivity index (χ4n) is 3.03. The van der Waals surface area contributed by atoms with Crippen LogP contribution in [0.5, 0.6) is 11.5 Å². The number of amides is 1. The first-order valence-corrected chi connectivity index (χ1v) is 7.83. The third kappa shape index (κ3) is 3.71. The highest BCUT2D eigenvalue weighted by Crippen LogP contribution is 2.28. The van der Waals surface area contributed by atoms with E-state index in [0.29, 0.717) is 24.0 Å². The molecule has 1 aromatic carbocycles. The molecule has 2 atom stereocenters. The van der Waals surface area contributed by atoms with Crippen molar-refractivity contribution in [1.82, 2.24) is 4.90 Å². The Labute approximate surface area is 132 Å². The molecule has 5 heteroatoms. The van der Waals surface area contributed by atoms with Gasteiger partial charge in [-0.1, -0.05) is 13.0 Å². The molecular weight excluding hydrogens is 280 g/mol. The number of carbonyl (C=O) groups is 1. The second-order valence-electron chi connectivity index (χ2n) is 5.95. The number of ether oxygens (including phenoxy) is 2. The maximum atomic E-state index is 12.5. The molecule has 0 aliphatic carbocycles. The van der Waals surface area contributed by atoms with Gasteiger partial charge in [0.25, 0.3) is 5.91 Å². The standard InChI is InChI=1S/C17H26N2O3/c1-12-6-7-15(16(9-12)21-3)22-11-17(20)19-8-4-5-13(2)14(19)10-18/h6-7,9,13-14H,4-5,8,10-11,18H2,1-3H3/t13-,14-/m1/s1. The van der Waals surface area contributed by atoms with Crippen molar-refractivity contribution < 1.29 is 14.3 Å². The Morgan fingerprint density at radius 2 is 2.18 bits per heavy atom. The maximum Gasteiger partial charge on any atom is 0.260 e. The van der Waals surface area contributed by atoms with Crippen molar-refractivity contribution in [2.24, 2.45) is 11.7 Å². The molecule has 1 saturated heterocycles. The maximum absolute atomic E-state index is 12.5. The Bertz CT molecular complexity index is 519. The molecular formula is C17H26N2O3. The minimum absolute atomic E-state index is 0.00960. The Morgan fingerprint density at radius 3 is 2.86 bits per heavy atom. The Morgan fingerprint density at radius 1 is 1.41 bits per heavy atom. The summed E-state index contributed by atoms with van der Waals surface area (Å²) in [4.78, 5) is 14.3. The van der Waals surface area contributed by atoms with Gasteiger partial charge in [0.2, 0.25) is 0 Å². The molecule has 22 heavy (non-hydrogen) atoms. The summed E-state index contributed by atoms with van der Waals surface area (Å²) in [6.07, 6.45) is 2.15. The van der Waals surface area contributed by atoms with E-state index in [1.165, 1.54) is 0 Å². The number of hydrogen-bond donors (Lipinski definition) is 1. The van der Waals surface area contributed by atoms with Crippen molar-refractivity contribution >= 4 is 5.91 Å². The molecule has 0 radical (unpaired) electrons. The van der Waals surface area contributed by atoms with Gasteiger partial charge in [-0.15, -0.1) is 0 Å². The fraction of sp³-hybridized carbons (Fsp3) is 0.588. The van der Waals surface area contributed by atoms with E-state index in [9.17, 15) is 4.79 Å². The number of hydrogen-bond acceptors (Lipinski definition) is 4. The van der Waals surface area contributed by atoms with Gasteiger partial charge in [0, 0.05) is 19.1 Å². The summed E-state index contributed by atoms with van der Waals surface area (Å²) in [5.41, 5.74) is 6.92. The summed E-state index contributed by atoms with van der Waals surface area (Å²) in [5.74, 6) is 1.67. The lowest BCUT2D eigenvalue weighted by atomic mass is 9.91. The Kier molecular flexibility index (Phi) is 5.66. The van der Waals surface area contributed by atoms with Crippen LogP contribution in [-0.2, 0) is 4.79 Å². The zero-order chi connectivity index (χ0) is 16.1. The normalized spacial score (nSPS) is 21.5. The van der Waals surface area contributed by atoms with Crippen molar-refractivity contribution in [2.45, 2.75) is 32.7 Å². The van der Waals surface area contributed by atoms with Crippen LogP contribution in [0.1, 0.15) is 25.3 Å². The van der Waals surface area contributed by atoms with Crippen LogP contribution in [0.4, 0.5) is 0 Å². The quantitative estimate of drug-likeness (QED) is 0.903. The van der Waals surface area contributed by atoms with Gasteiger partial charge in [-0.25, -0.2) is 0 Å². The second kappa shape index (κ2) is 7.49. The number of nitrogens with zero attached hydrogens (tertiary/aromatic N) is 1. The van der Waals surface area contributed by atoms with E-state index in [1.807, 2.05) is 30.0 Å². The minimum Gasteiger partial charge on any atom is -0.493 e. The highest BCUT2D eigenvalue weighted by Gasteiger charge is 2.30. The zero-order valence-corrected chi connectivity index (χ0v) is 13.7. The summed E-state index contributed by atoms with van der Waals surface area (Å²) in [6, 6.07) is 5.78. The molecule has 1 aliphatic heterocycles. The number of methoxy groups -OCH3 is 1. The van der Waals surface area contributed by atoms with Crippen molar-refractivity contribution in [2.75, 3.05) is 26.8 Å². The second-order valence-corrected chi connectivity index (χ2v) is 5.95. The number of aryl methyl sites for hydroxylation is 1. The highest BCUT2D eigenvalue weighted by molar-refractivity contribution is 5.78. The van der Waals surface area contributed by atoms with Crippen molar-refractivity contribution in [3.8, 4) is 11.5 Å². The van der Waals surface area contributed by atoms with Crippen LogP contribution < -0.4 is 15.2 Å². The topological polar surface area (TPSA) is 64.8 Å². The predicted octanol–water partition coefficient (Wildman–Crippen LogP) is 1.97. The molecule has 1 aliphatic rings. The van der Waals surface area contributed by atoms with E-state index in [0.717, 1.165) is 24.9 Å². The molecule has 1 aromatic rings. The van der Waals surface area contributed by atoms with Crippen LogP contribution in [-0.4, -0.2) is 43.7 Å². The molecule has 5 nitrogen and oxygen atoms in total. The third-order valence-corrected chi connectivity index (χ3v) is 4.35. The molecule has 0 unspecified atom stereocenters. The van der Waals surface area contributed by atoms with Gasteiger partial charge >= 0.3 is 0 Å². The highest BCUT2D eigenvalue weighted by atomic mass is 16.5. The number of carbonyl (C=O) groups excluding carboxylic acids is 1. The summed E-state index contributed by atoms with van der Waals surface area (Å²) in [7, 11) is 1.60. The smallest absolute Gasteiger partial charge is 0.260 e. The van der Waals surface area contributed by atoms with E-state index in [-0.39, 0.29) is 18.6 Å². The van der Waals surface area contributed by atoms with Crippen molar-refractivity contribution in [1.29, 1.82) is 0 Å². The molecule has 0 aromatic heterocycles. The number of benzene rings is 1. The third-order valence-electron chi connectivity index (χ3n) is 4.35. The lowest BCUT2D eigenvalue weighted by molar-refractivity contribution is -0.138. The van der Waals surface area contributed by atoms with Gasteiger partial charge in [-0.3, -0.25) is 4.79 Å². The summed E-state index contributed by atoms with van der Waals surface area (Å²) in [5, 5.41) is 0. The average molecular weight is 306 g/mol. The van der Waals surface area contributed by atoms with Crippen LogP contribution in [0.2, 0.25) is 0 Å². The van der Waals surface area contributed by atoms with Crippen LogP contribution >= 0.6 is 0 Å². The van der Waals surface area contributed by atoms with Crippen LogP contribution in [0.15, 0.2) is 18.2 Å². The van der Waals surface area contributed by atoms with Gasteiger partial charge in [-0.2, -0.15) is 0 Å². The molecule has 1 fully saturated rings. The molecule has 122 valence electrons. The predicted molar refractivity (Wildman–Crippen MR) is 86.2 cm³/mol. The van der Waals surface area contributed by atoms with Gasteiger partial charge in [0.1, 0.15) is 0 Å². The molecule has 2 N–H and O–H groups in total. The molecule has 1 amide bonds. The largest absolute Gasteiger partial charge is 0.493 e. The first-order valence-electron chi connectivity index (χ1n) is 7.83. The van der Waals surface area contributed by atoms with Gasteiger partial charge < -0.3 is 20.1 Å². The summed E-state index contributed by atoms with van der Waals surface area (Å²) < 4.78 is 11.0. The summed E-state index contributed by atoms with van der Waals surface area (Å²) >= 11 is 0. The number of likely N-dealkylation sites (tertiary alicyclic amines) is 1. The van der Waals surface area contributed by atoms with E-state index in [1.54, 1.807) is 7.11 Å². The molecule has 0 saturated carbocycles. The van der Waals surface area contributed by atoms with Gasteiger partial charge in [0.05, 0.1) is 7.11 Å². The Hall–Kier alpha value is -1.75. The fourth-order valence-corrected chi connectivity index (χ4v) is 3.03. The number of piperidine rings is 1. The zero-order valence-electron chi connectivity index (χ0n) is 13.7. The van der Waals surface area contributed by atoms with E-state index < -0.39 is 0 Å². The van der Waals surface area contributed by atoms with Crippen LogP contribution in [0, 0.1) is 12.8 Å². The van der Waals surface area contributed by atoms with E-state index in [4.69, 9.17) is 15.2 Å². The minimum atomic E-state index is -0.00960. The van der Waals surface area contributed by atoms with Crippen molar-refractivity contribution in [3.63, 3.8) is 0 Å². The summed E-state index contributed by atoms with van der Waals surface area (Å²) in [6.45, 7) is 5.42. The van der Waals surface area contributed by atoms with E-state index >= 15 is 0 Å². The number of rotatable bonds is 5. The average Bonchev–Trinajstić information content (AvgIpc) is 2.52. The monoisotopic (exact) mass is 306 g/mol. The van der Waals surface area contributed by atoms with Gasteiger partial charge in [-0.05, 0) is 43.4 Å². The van der Waals surface area contributed by atoms with Crippen LogP contribution in [0.25, 0.3) is 0 Å². The molecule has 0 bridgehead atoms. The van der Waals surface area contributed by atoms with Crippen molar-refractivity contribution in [3.05, 3.63) is 23.8 Å². The first kappa shape index (κ1) is 16.6. The molecule has 2 rings (SSSR count). The Balaban J connectivity index is 2.00. The lowest BCUT2D eigenvalue weighted by Gasteiger charge is -2.39. The number of nitrogens with two attached hydrogens (primary N) is 1. The first-order chi connectivity index (χ1) is 10.6. The van der Waals surface area contributed by atoms with Gasteiger partial charge in [0.15, 0.2) is 18.1 Å². The molecule has 1 heterocycles. The SMILES string of the molecule is COc1cc(C)ccc1OCC(=O)N1CCC[C@@H](C)[C@H]1CN.